The van der Waals surface area contributed by atoms with E-state index in [1.54, 1.807) is 0 Å². The smallest absolute Gasteiger partial charge is 0.237 e. The van der Waals surface area contributed by atoms with Gasteiger partial charge in [0.2, 0.25) is 0 Å². The van der Waals surface area contributed by atoms with Gasteiger partial charge in [0.25, 0.3) is 0 Å². The summed E-state index contributed by atoms with van der Waals surface area (Å²) in [6.45, 7) is 0. The van der Waals surface area contributed by atoms with Crippen molar-refractivity contribution in [2.45, 2.75) is 74.1 Å². The summed E-state index contributed by atoms with van der Waals surface area (Å²) in [5, 5.41) is 0. The Balaban J connectivity index is 2.32. The molecule has 0 bridgehead atoms. The fourth-order valence-corrected chi connectivity index (χ4v) is 6.05. The molecule has 1 aromatic rings. The van der Waals surface area contributed by atoms with Gasteiger partial charge in [-0.15, -0.1) is 0 Å². The summed E-state index contributed by atoms with van der Waals surface area (Å²) in [5.74, 6) is 0. The van der Waals surface area contributed by atoms with Crippen LogP contribution in [0.2, 0.25) is 0 Å². The first-order valence-electron chi connectivity index (χ1n) is 11.9. The van der Waals surface area contributed by atoms with Gasteiger partial charge in [-0.2, -0.15) is 79.0 Å². The van der Waals surface area contributed by atoms with E-state index in [1.165, 1.54) is 0 Å². The average Bonchev–Trinajstić information content (AvgIpc) is 3.32. The Kier molecular flexibility index (Phi) is 8.32. The van der Waals surface area contributed by atoms with Gasteiger partial charge in [0.15, 0.2) is 37.0 Å². The molecule has 0 aliphatic heterocycles. The maximum Gasteiger partial charge on any atom is 0.421 e. The van der Waals surface area contributed by atoms with Gasteiger partial charge < -0.3 is 0 Å². The summed E-state index contributed by atoms with van der Waals surface area (Å²) in [7, 11) is 0. The predicted octanol–water partition coefficient (Wildman–Crippen LogP) is 12.1. The molecule has 4 rings (SSSR count). The van der Waals surface area contributed by atoms with Crippen LogP contribution >= 0.6 is 0 Å². The molecule has 6 atom stereocenters. The molecule has 0 saturated heterocycles. The fourth-order valence-electron chi connectivity index (χ4n) is 6.05. The second-order valence-electron chi connectivity index (χ2n) is 10.1. The van der Waals surface area contributed by atoms with Gasteiger partial charge in [0.05, 0.1) is 0 Å². The highest BCUT2D eigenvalue weighted by molar-refractivity contribution is 5.72. The lowest BCUT2D eigenvalue weighted by molar-refractivity contribution is -0.176. The molecule has 0 amide bonds. The molecule has 3 aliphatic rings. The largest absolute Gasteiger partial charge is 0.421 e. The third-order valence-electron chi connectivity index (χ3n) is 7.47. The van der Waals surface area contributed by atoms with Gasteiger partial charge in [-0.1, -0.05) is 0 Å². The molecule has 48 heavy (non-hydrogen) atoms. The average molecular weight is 750 g/mol. The second-order valence-corrected chi connectivity index (χ2v) is 10.1. The number of halogens is 24. The van der Waals surface area contributed by atoms with Crippen molar-refractivity contribution in [3.63, 3.8) is 0 Å². The molecule has 0 fully saturated rings. The zero-order valence-electron chi connectivity index (χ0n) is 21.5. The molecule has 24 heteroatoms. The van der Waals surface area contributed by atoms with E-state index in [9.17, 15) is 79.0 Å². The molecular formula is C24H6F24. The number of benzene rings is 1. The topological polar surface area (TPSA) is 0 Å². The Morgan fingerprint density at radius 2 is 0.354 bits per heavy atom. The van der Waals surface area contributed by atoms with Gasteiger partial charge in [0.1, 0.15) is 16.7 Å². The number of hydrogen-bond acceptors (Lipinski definition) is 0. The molecule has 0 nitrogen and oxygen atoms in total. The van der Waals surface area contributed by atoms with Crippen LogP contribution in [0.15, 0.2) is 33.4 Å². The van der Waals surface area contributed by atoms with E-state index < -0.39 is 141 Å². The van der Waals surface area contributed by atoms with Crippen LogP contribution in [0.25, 0.3) is 0 Å². The van der Waals surface area contributed by atoms with Gasteiger partial charge in [0, 0.05) is 50.1 Å². The number of alkyl halides is 24. The van der Waals surface area contributed by atoms with Crippen molar-refractivity contribution in [1.29, 1.82) is 0 Å². The summed E-state index contributed by atoms with van der Waals surface area (Å²) in [6.07, 6.45) is -69.2. The van der Waals surface area contributed by atoms with E-state index in [1.807, 2.05) is 0 Å². The summed E-state index contributed by atoms with van der Waals surface area (Å²) in [4.78, 5) is 0. The lowest BCUT2D eigenvalue weighted by Gasteiger charge is -2.21. The number of hydrogen-bond donors (Lipinski definition) is 0. The molecule has 0 heterocycles. The minimum atomic E-state index is -6.93. The highest BCUT2D eigenvalue weighted by atomic mass is 19.4. The van der Waals surface area contributed by atoms with Crippen molar-refractivity contribution in [1.82, 2.24) is 0 Å². The first-order chi connectivity index (χ1) is 21.2. The third-order valence-corrected chi connectivity index (χ3v) is 7.47. The van der Waals surface area contributed by atoms with Crippen molar-refractivity contribution < 1.29 is 105 Å². The van der Waals surface area contributed by atoms with Crippen LogP contribution in [0, 0.1) is 0 Å². The molecule has 0 spiro atoms. The summed E-state index contributed by atoms with van der Waals surface area (Å²) in [6, 6.07) is 0. The van der Waals surface area contributed by atoms with Crippen LogP contribution in [-0.2, 0) is 0 Å². The lowest BCUT2D eigenvalue weighted by atomic mass is 9.88. The summed E-state index contributed by atoms with van der Waals surface area (Å²) < 4.78 is 335. The summed E-state index contributed by atoms with van der Waals surface area (Å²) >= 11 is 0. The zero-order chi connectivity index (χ0) is 37.4. The van der Waals surface area contributed by atoms with Crippen molar-refractivity contribution >= 4 is 0 Å². The number of rotatable bonds is 0. The Morgan fingerprint density at radius 1 is 0.250 bits per heavy atom. The maximum atomic E-state index is 15.6. The van der Waals surface area contributed by atoms with Gasteiger partial charge in [-0.05, 0) is 0 Å². The lowest BCUT2D eigenvalue weighted by Crippen LogP contribution is -2.29. The molecule has 270 valence electrons. The Labute approximate surface area is 247 Å². The summed E-state index contributed by atoms with van der Waals surface area (Å²) in [5.41, 5.74) is -38.6. The highest BCUT2D eigenvalue weighted by Crippen LogP contribution is 2.69. The van der Waals surface area contributed by atoms with Crippen LogP contribution in [0.3, 0.4) is 0 Å². The van der Waals surface area contributed by atoms with Crippen molar-refractivity contribution in [2.75, 3.05) is 0 Å². The minimum absolute atomic E-state index is 2.65. The molecule has 0 saturated carbocycles. The molecule has 0 radical (unpaired) electrons. The van der Waals surface area contributed by atoms with Crippen molar-refractivity contribution in [3.05, 3.63) is 66.8 Å². The zero-order valence-corrected chi connectivity index (χ0v) is 21.5. The molecule has 0 N–H and O–H groups in total. The Morgan fingerprint density at radius 3 is 0.438 bits per heavy atom. The molecule has 3 aliphatic carbocycles. The van der Waals surface area contributed by atoms with Crippen LogP contribution in [0.1, 0.15) is 70.4 Å². The highest BCUT2D eigenvalue weighted by Gasteiger charge is 2.65. The normalized spacial score (nSPS) is 26.6. The predicted molar refractivity (Wildman–Crippen MR) is 107 cm³/mol. The fraction of sp³-hybridized carbons (Fsp3) is 0.500. The van der Waals surface area contributed by atoms with E-state index in [-0.39, 0.29) is 0 Å². The monoisotopic (exact) mass is 750 g/mol. The van der Waals surface area contributed by atoms with E-state index in [2.05, 4.69) is 0 Å². The number of fused-ring (bicyclic) bond motifs is 6. The van der Waals surface area contributed by atoms with E-state index in [4.69, 9.17) is 0 Å². The van der Waals surface area contributed by atoms with E-state index >= 15 is 26.3 Å². The molecule has 1 aromatic carbocycles. The third kappa shape index (κ3) is 5.47. The van der Waals surface area contributed by atoms with Gasteiger partial charge in [-0.3, -0.25) is 0 Å². The second kappa shape index (κ2) is 10.6. The first kappa shape index (κ1) is 37.6. The van der Waals surface area contributed by atoms with Crippen molar-refractivity contribution in [2.24, 2.45) is 0 Å². The Bertz CT molecular complexity index is 1290. The molecule has 0 aromatic heterocycles. The van der Waals surface area contributed by atoms with Crippen LogP contribution in [0.4, 0.5) is 105 Å². The van der Waals surface area contributed by atoms with E-state index in [0.29, 0.717) is 0 Å². The minimum Gasteiger partial charge on any atom is -0.237 e. The van der Waals surface area contributed by atoms with Crippen LogP contribution < -0.4 is 0 Å². The Hall–Kier alpha value is -3.24. The first-order valence-corrected chi connectivity index (χ1v) is 11.9. The van der Waals surface area contributed by atoms with Crippen LogP contribution in [0.5, 0.6) is 0 Å². The SMILES string of the molecule is FC1C(=C(C(F)(F)F)C(F)(F)F)C(F)c2c1c1c(c3c2C(F)C(=C(C(F)(F)F)C(F)(F)F)C3F)C(F)C(=C(C(F)(F)F)C(F)(F)F)C1F. The number of allylic oxidation sites excluding steroid dienone is 6. The van der Waals surface area contributed by atoms with Gasteiger partial charge >= 0.3 is 37.1 Å². The quantitative estimate of drug-likeness (QED) is 0.183. The standard InChI is InChI=1S/C24H6F24/c25-10-1-2(11(26)7(10)16(19(31,32)33)20(34,35)36)4-6(15(30)9(14(4)29)18(23(43,44)45)24(46,47)48)5-3(1)12(27)8(13(5)28)17(21(37,38)39)22(40,41)42/h10-15H. The van der Waals surface area contributed by atoms with Crippen LogP contribution in [-0.4, -0.2) is 37.1 Å². The maximum absolute atomic E-state index is 15.6. The van der Waals surface area contributed by atoms with Crippen molar-refractivity contribution in [3.8, 4) is 0 Å². The molecular weight excluding hydrogens is 744 g/mol. The molecule has 6 unspecified atom stereocenters. The van der Waals surface area contributed by atoms with E-state index in [0.717, 1.165) is 0 Å². The van der Waals surface area contributed by atoms with Gasteiger partial charge in [-0.25, -0.2) is 26.3 Å².